The number of nitrogens with zero attached hydrogens (tertiary/aromatic N) is 3. The van der Waals surface area contributed by atoms with E-state index < -0.39 is 16.6 Å². The average molecular weight is 415 g/mol. The lowest BCUT2D eigenvalue weighted by molar-refractivity contribution is -0.385. The third-order valence-electron chi connectivity index (χ3n) is 3.99. The average Bonchev–Trinajstić information content (AvgIpc) is 2.66. The second kappa shape index (κ2) is 8.11. The van der Waals surface area contributed by atoms with E-state index in [1.165, 1.54) is 24.3 Å². The van der Waals surface area contributed by atoms with Crippen molar-refractivity contribution in [2.24, 2.45) is 0 Å². The number of rotatable bonds is 6. The number of hydrogen-bond acceptors (Lipinski definition) is 7. The van der Waals surface area contributed by atoms with Crippen LogP contribution >= 0.6 is 11.6 Å². The maximum absolute atomic E-state index is 11.7. The van der Waals surface area contributed by atoms with E-state index in [0.717, 1.165) is 17.5 Å². The molecule has 0 fully saturated rings. The Bertz CT molecular complexity index is 1080. The van der Waals surface area contributed by atoms with Crippen molar-refractivity contribution in [2.45, 2.75) is 13.8 Å². The molecule has 0 radical (unpaired) electrons. The van der Waals surface area contributed by atoms with Crippen LogP contribution in [0.4, 0.5) is 17.2 Å². The molecule has 1 heterocycles. The summed E-state index contributed by atoms with van der Waals surface area (Å²) >= 11 is 6.14. The molecule has 0 amide bonds. The number of hydrogen-bond donors (Lipinski definition) is 2. The lowest BCUT2D eigenvalue weighted by atomic mass is 10.1. The van der Waals surface area contributed by atoms with Crippen molar-refractivity contribution in [3.63, 3.8) is 0 Å². The van der Waals surface area contributed by atoms with E-state index in [-0.39, 0.29) is 17.3 Å². The molecule has 0 spiro atoms. The number of nitro groups is 1. The second-order valence-electron chi connectivity index (χ2n) is 6.11. The van der Waals surface area contributed by atoms with Gasteiger partial charge >= 0.3 is 17.5 Å². The summed E-state index contributed by atoms with van der Waals surface area (Å²) in [5.41, 5.74) is 1.57. The summed E-state index contributed by atoms with van der Waals surface area (Å²) in [5.74, 6) is -1.06. The Kier molecular flexibility index (Phi) is 5.60. The molecule has 0 aliphatic carbocycles. The minimum absolute atomic E-state index is 0.0882. The Hall–Kier alpha value is -3.72. The molecular weight excluding hydrogens is 400 g/mol. The first-order valence-corrected chi connectivity index (χ1v) is 8.68. The number of aryl methyl sites for hydroxylation is 2. The first kappa shape index (κ1) is 20.0. The maximum Gasteiger partial charge on any atom is 0.373 e. The third kappa shape index (κ3) is 4.41. The molecule has 0 bridgehead atoms. The molecule has 9 nitrogen and oxygen atoms in total. The van der Waals surface area contributed by atoms with Crippen molar-refractivity contribution in [1.29, 1.82) is 0 Å². The van der Waals surface area contributed by atoms with Crippen LogP contribution in [0.3, 0.4) is 0 Å². The van der Waals surface area contributed by atoms with Gasteiger partial charge < -0.3 is 15.2 Å². The van der Waals surface area contributed by atoms with E-state index in [4.69, 9.17) is 21.4 Å². The largest absolute Gasteiger partial charge is 0.478 e. The second-order valence-corrected chi connectivity index (χ2v) is 6.49. The number of anilines is 2. The summed E-state index contributed by atoms with van der Waals surface area (Å²) in [6.07, 6.45) is 1.13. The van der Waals surface area contributed by atoms with Crippen LogP contribution < -0.4 is 10.1 Å². The van der Waals surface area contributed by atoms with Gasteiger partial charge in [-0.1, -0.05) is 11.6 Å². The Morgan fingerprint density at radius 2 is 1.79 bits per heavy atom. The SMILES string of the molecule is Cc1cc(Oc2ncnc(Nc3ccc(C(=O)O)cc3)c2[N+](=O)[O-])cc(C)c1Cl. The van der Waals surface area contributed by atoms with Crippen LogP contribution in [0.15, 0.2) is 42.7 Å². The summed E-state index contributed by atoms with van der Waals surface area (Å²) in [5, 5.41) is 24.0. The molecule has 10 heteroatoms. The van der Waals surface area contributed by atoms with Gasteiger partial charge in [0, 0.05) is 10.7 Å². The maximum atomic E-state index is 11.7. The smallest absolute Gasteiger partial charge is 0.373 e. The molecule has 3 aromatic rings. The first-order chi connectivity index (χ1) is 13.8. The van der Waals surface area contributed by atoms with Gasteiger partial charge in [0.25, 0.3) is 0 Å². The van der Waals surface area contributed by atoms with Gasteiger partial charge in [-0.15, -0.1) is 0 Å². The molecule has 0 atom stereocenters. The molecule has 2 N–H and O–H groups in total. The monoisotopic (exact) mass is 414 g/mol. The summed E-state index contributed by atoms with van der Waals surface area (Å²) < 4.78 is 5.65. The Morgan fingerprint density at radius 1 is 1.17 bits per heavy atom. The van der Waals surface area contributed by atoms with Gasteiger partial charge in [0.05, 0.1) is 10.5 Å². The van der Waals surface area contributed by atoms with Crippen molar-refractivity contribution in [3.05, 3.63) is 74.6 Å². The molecule has 0 unspecified atom stereocenters. The molecule has 0 saturated heterocycles. The quantitative estimate of drug-likeness (QED) is 0.431. The Morgan fingerprint density at radius 3 is 2.34 bits per heavy atom. The van der Waals surface area contributed by atoms with Crippen LogP contribution in [0.2, 0.25) is 5.02 Å². The number of carboxylic acid groups (broad SMARTS) is 1. The molecule has 0 saturated carbocycles. The number of carboxylic acids is 1. The highest BCUT2D eigenvalue weighted by Crippen LogP contribution is 2.36. The zero-order valence-electron chi connectivity index (χ0n) is 15.3. The molecule has 3 rings (SSSR count). The predicted molar refractivity (Wildman–Crippen MR) is 106 cm³/mol. The summed E-state index contributed by atoms with van der Waals surface area (Å²) in [7, 11) is 0. The number of aromatic nitrogens is 2. The number of nitrogens with one attached hydrogen (secondary N) is 1. The third-order valence-corrected chi connectivity index (χ3v) is 4.59. The molecule has 0 aliphatic rings. The van der Waals surface area contributed by atoms with Gasteiger partial charge in [-0.3, -0.25) is 10.1 Å². The molecule has 0 aliphatic heterocycles. The Balaban J connectivity index is 1.96. The standard InChI is InChI=1S/C19H15ClN4O5/c1-10-7-14(8-11(2)15(10)20)29-18-16(24(27)28)17(21-9-22-18)23-13-5-3-12(4-6-13)19(25)26/h3-9H,1-2H3,(H,25,26)(H,21,22,23). The zero-order chi connectivity index (χ0) is 21.1. The van der Waals surface area contributed by atoms with Crippen LogP contribution in [-0.2, 0) is 0 Å². The lowest BCUT2D eigenvalue weighted by Crippen LogP contribution is -2.04. The van der Waals surface area contributed by atoms with Crippen LogP contribution in [-0.4, -0.2) is 26.0 Å². The van der Waals surface area contributed by atoms with Gasteiger partial charge in [0.15, 0.2) is 0 Å². The highest BCUT2D eigenvalue weighted by Gasteiger charge is 2.25. The van der Waals surface area contributed by atoms with Gasteiger partial charge in [-0.2, -0.15) is 4.98 Å². The minimum Gasteiger partial charge on any atom is -0.478 e. The normalized spacial score (nSPS) is 10.4. The van der Waals surface area contributed by atoms with Gasteiger partial charge in [0.2, 0.25) is 5.82 Å². The number of ether oxygens (including phenoxy) is 1. The van der Waals surface area contributed by atoms with E-state index in [1.807, 2.05) is 0 Å². The van der Waals surface area contributed by atoms with E-state index in [9.17, 15) is 14.9 Å². The molecule has 2 aromatic carbocycles. The number of aromatic carboxylic acids is 1. The van der Waals surface area contributed by atoms with Gasteiger partial charge in [-0.25, -0.2) is 9.78 Å². The molecule has 29 heavy (non-hydrogen) atoms. The molecule has 1 aromatic heterocycles. The fourth-order valence-electron chi connectivity index (χ4n) is 2.60. The van der Waals surface area contributed by atoms with E-state index in [0.29, 0.717) is 16.5 Å². The van der Waals surface area contributed by atoms with Gasteiger partial charge in [-0.05, 0) is 61.4 Å². The highest BCUT2D eigenvalue weighted by molar-refractivity contribution is 6.32. The van der Waals surface area contributed by atoms with Crippen LogP contribution in [0, 0.1) is 24.0 Å². The van der Waals surface area contributed by atoms with Crippen molar-refractivity contribution in [3.8, 4) is 11.6 Å². The lowest BCUT2D eigenvalue weighted by Gasteiger charge is -2.11. The summed E-state index contributed by atoms with van der Waals surface area (Å²) in [6.45, 7) is 3.59. The fourth-order valence-corrected chi connectivity index (χ4v) is 2.71. The molecular formula is C19H15ClN4O5. The Labute approximate surface area is 170 Å². The summed E-state index contributed by atoms with van der Waals surface area (Å²) in [6, 6.07) is 8.99. The molecule has 148 valence electrons. The van der Waals surface area contributed by atoms with Crippen LogP contribution in [0.1, 0.15) is 21.5 Å². The fraction of sp³-hybridized carbons (Fsp3) is 0.105. The van der Waals surface area contributed by atoms with Crippen LogP contribution in [0.5, 0.6) is 11.6 Å². The predicted octanol–water partition coefficient (Wildman–Crippen LogP) is 4.89. The van der Waals surface area contributed by atoms with Crippen molar-refractivity contribution in [2.75, 3.05) is 5.32 Å². The van der Waals surface area contributed by atoms with Crippen molar-refractivity contribution in [1.82, 2.24) is 9.97 Å². The van der Waals surface area contributed by atoms with Crippen molar-refractivity contribution < 1.29 is 19.6 Å². The van der Waals surface area contributed by atoms with Crippen LogP contribution in [0.25, 0.3) is 0 Å². The van der Waals surface area contributed by atoms with Gasteiger partial charge in [0.1, 0.15) is 12.1 Å². The highest BCUT2D eigenvalue weighted by atomic mass is 35.5. The van der Waals surface area contributed by atoms with Crippen molar-refractivity contribution >= 4 is 34.8 Å². The van der Waals surface area contributed by atoms with E-state index in [1.54, 1.807) is 26.0 Å². The zero-order valence-corrected chi connectivity index (χ0v) is 16.1. The number of benzene rings is 2. The van der Waals surface area contributed by atoms with E-state index >= 15 is 0 Å². The number of carbonyl (C=O) groups is 1. The topological polar surface area (TPSA) is 127 Å². The van der Waals surface area contributed by atoms with E-state index in [2.05, 4.69) is 15.3 Å². The first-order valence-electron chi connectivity index (χ1n) is 8.30. The summed E-state index contributed by atoms with van der Waals surface area (Å²) in [4.78, 5) is 29.8. The minimum atomic E-state index is -1.08. The number of halogens is 1.